The summed E-state index contributed by atoms with van der Waals surface area (Å²) in [5.74, 6) is -2.47. The van der Waals surface area contributed by atoms with Gasteiger partial charge in [-0.05, 0) is 128 Å². The summed E-state index contributed by atoms with van der Waals surface area (Å²) in [6, 6.07) is 14.3. The van der Waals surface area contributed by atoms with E-state index in [-0.39, 0.29) is 23.2 Å². The van der Waals surface area contributed by atoms with Gasteiger partial charge in [0.05, 0.1) is 0 Å². The van der Waals surface area contributed by atoms with E-state index in [9.17, 15) is 8.78 Å². The molecule has 38 heavy (non-hydrogen) atoms. The SMILES string of the molecule is CCc1ccc(CCC2CCc3c(cc(F)c(C4CCC(c5cc(F)c(C#N)c(F)c5)CC4)c3F)C2)cc1. The molecule has 0 bridgehead atoms. The van der Waals surface area contributed by atoms with Crippen LogP contribution in [0.3, 0.4) is 0 Å². The predicted molar refractivity (Wildman–Crippen MR) is 141 cm³/mol. The average Bonchev–Trinajstić information content (AvgIpc) is 2.92. The third kappa shape index (κ3) is 5.37. The normalized spacial score (nSPS) is 21.1. The van der Waals surface area contributed by atoms with Gasteiger partial charge in [0.1, 0.15) is 34.9 Å². The standard InChI is InChI=1S/C33H33F4N/c1-2-20-3-5-21(6-4-20)7-8-22-9-14-27-26(15-22)18-31(36)32(33(27)37)24-12-10-23(11-13-24)25-16-29(34)28(19-38)30(35)17-25/h3-6,16-18,22-24H,2,7-15H2,1H3. The number of hydrogen-bond donors (Lipinski definition) is 0. The summed E-state index contributed by atoms with van der Waals surface area (Å²) in [5, 5.41) is 8.90. The molecule has 2 aliphatic rings. The zero-order valence-electron chi connectivity index (χ0n) is 21.8. The van der Waals surface area contributed by atoms with E-state index in [2.05, 4.69) is 31.2 Å². The molecule has 0 amide bonds. The number of aryl methyl sites for hydroxylation is 2. The van der Waals surface area contributed by atoms with Crippen LogP contribution < -0.4 is 0 Å². The van der Waals surface area contributed by atoms with Gasteiger partial charge in [0.15, 0.2) is 0 Å². The second-order valence-electron chi connectivity index (χ2n) is 11.1. The number of nitrogens with zero attached hydrogens (tertiary/aromatic N) is 1. The van der Waals surface area contributed by atoms with Crippen molar-refractivity contribution in [2.45, 2.75) is 83.0 Å². The molecule has 0 spiro atoms. The molecule has 1 atom stereocenters. The van der Waals surface area contributed by atoms with Crippen LogP contribution in [0.2, 0.25) is 0 Å². The highest BCUT2D eigenvalue weighted by Crippen LogP contribution is 2.44. The Morgan fingerprint density at radius 3 is 2.08 bits per heavy atom. The Morgan fingerprint density at radius 1 is 0.816 bits per heavy atom. The molecular formula is C33H33F4N. The molecule has 198 valence electrons. The molecule has 1 unspecified atom stereocenters. The van der Waals surface area contributed by atoms with Gasteiger partial charge < -0.3 is 0 Å². The molecule has 5 rings (SSSR count). The van der Waals surface area contributed by atoms with E-state index in [1.807, 2.05) is 0 Å². The molecular weight excluding hydrogens is 486 g/mol. The topological polar surface area (TPSA) is 23.8 Å². The summed E-state index contributed by atoms with van der Waals surface area (Å²) in [6.45, 7) is 2.14. The predicted octanol–water partition coefficient (Wildman–Crippen LogP) is 8.86. The van der Waals surface area contributed by atoms with E-state index in [1.165, 1.54) is 23.3 Å². The molecule has 3 aromatic rings. The minimum atomic E-state index is -0.857. The molecule has 0 aromatic heterocycles. The summed E-state index contributed by atoms with van der Waals surface area (Å²) >= 11 is 0. The average molecular weight is 520 g/mol. The first-order chi connectivity index (χ1) is 18.4. The summed E-state index contributed by atoms with van der Waals surface area (Å²) in [6.07, 6.45) is 7.55. The highest BCUT2D eigenvalue weighted by atomic mass is 19.1. The molecule has 0 aliphatic heterocycles. The van der Waals surface area contributed by atoms with Crippen LogP contribution in [-0.4, -0.2) is 0 Å². The summed E-state index contributed by atoms with van der Waals surface area (Å²) < 4.78 is 59.2. The van der Waals surface area contributed by atoms with E-state index in [1.54, 1.807) is 12.1 Å². The van der Waals surface area contributed by atoms with Crippen molar-refractivity contribution in [2.75, 3.05) is 0 Å². The monoisotopic (exact) mass is 519 g/mol. The third-order valence-electron chi connectivity index (χ3n) is 8.81. The number of halogens is 4. The highest BCUT2D eigenvalue weighted by Gasteiger charge is 2.32. The maximum atomic E-state index is 15.7. The lowest BCUT2D eigenvalue weighted by Crippen LogP contribution is -2.20. The summed E-state index contributed by atoms with van der Waals surface area (Å²) in [5.41, 5.74) is 4.23. The van der Waals surface area contributed by atoms with Crippen molar-refractivity contribution in [1.82, 2.24) is 0 Å². The minimum Gasteiger partial charge on any atom is -0.207 e. The van der Waals surface area contributed by atoms with Crippen molar-refractivity contribution in [2.24, 2.45) is 5.92 Å². The molecule has 0 heterocycles. The summed E-state index contributed by atoms with van der Waals surface area (Å²) in [4.78, 5) is 0. The quantitative estimate of drug-likeness (QED) is 0.298. The molecule has 0 N–H and O–H groups in total. The van der Waals surface area contributed by atoms with Crippen LogP contribution in [0.4, 0.5) is 17.6 Å². The van der Waals surface area contributed by atoms with E-state index in [4.69, 9.17) is 5.26 Å². The van der Waals surface area contributed by atoms with Crippen molar-refractivity contribution in [3.63, 3.8) is 0 Å². The van der Waals surface area contributed by atoms with Crippen LogP contribution in [0.15, 0.2) is 42.5 Å². The van der Waals surface area contributed by atoms with Crippen LogP contribution in [0, 0.1) is 40.5 Å². The molecule has 1 nitrogen and oxygen atoms in total. The zero-order valence-corrected chi connectivity index (χ0v) is 21.8. The number of benzene rings is 3. The molecule has 5 heteroatoms. The fourth-order valence-electron chi connectivity index (χ4n) is 6.52. The highest BCUT2D eigenvalue weighted by molar-refractivity contribution is 5.40. The van der Waals surface area contributed by atoms with Crippen molar-refractivity contribution < 1.29 is 17.6 Å². The second kappa shape index (κ2) is 11.3. The molecule has 1 saturated carbocycles. The van der Waals surface area contributed by atoms with Crippen LogP contribution >= 0.6 is 0 Å². The fourth-order valence-corrected chi connectivity index (χ4v) is 6.52. The van der Waals surface area contributed by atoms with E-state index < -0.39 is 23.0 Å². The van der Waals surface area contributed by atoms with Crippen LogP contribution in [0.5, 0.6) is 0 Å². The summed E-state index contributed by atoms with van der Waals surface area (Å²) in [7, 11) is 0. The smallest absolute Gasteiger partial charge is 0.144 e. The van der Waals surface area contributed by atoms with Crippen molar-refractivity contribution in [3.05, 3.63) is 105 Å². The van der Waals surface area contributed by atoms with Gasteiger partial charge in [-0.2, -0.15) is 5.26 Å². The lowest BCUT2D eigenvalue weighted by Gasteiger charge is -2.32. The lowest BCUT2D eigenvalue weighted by atomic mass is 9.74. The van der Waals surface area contributed by atoms with Gasteiger partial charge in [0, 0.05) is 5.56 Å². The number of hydrogen-bond acceptors (Lipinski definition) is 1. The van der Waals surface area contributed by atoms with Gasteiger partial charge in [-0.3, -0.25) is 0 Å². The van der Waals surface area contributed by atoms with Crippen LogP contribution in [-0.2, 0) is 25.7 Å². The first kappa shape index (κ1) is 26.5. The Bertz CT molecular complexity index is 1320. The number of rotatable bonds is 6. The molecule has 0 saturated heterocycles. The van der Waals surface area contributed by atoms with Gasteiger partial charge in [-0.25, -0.2) is 17.6 Å². The fraction of sp³-hybridized carbons (Fsp3) is 0.424. The first-order valence-electron chi connectivity index (χ1n) is 13.8. The van der Waals surface area contributed by atoms with E-state index >= 15 is 8.78 Å². The Kier molecular flexibility index (Phi) is 7.88. The van der Waals surface area contributed by atoms with Gasteiger partial charge in [0.25, 0.3) is 0 Å². The van der Waals surface area contributed by atoms with Crippen molar-refractivity contribution in [3.8, 4) is 6.07 Å². The Morgan fingerprint density at radius 2 is 1.45 bits per heavy atom. The molecule has 1 fully saturated rings. The number of nitriles is 1. The van der Waals surface area contributed by atoms with Crippen LogP contribution in [0.25, 0.3) is 0 Å². The van der Waals surface area contributed by atoms with Gasteiger partial charge in [-0.15, -0.1) is 0 Å². The Hall–Kier alpha value is -3.13. The first-order valence-corrected chi connectivity index (χ1v) is 13.8. The Balaban J connectivity index is 1.24. The number of fused-ring (bicyclic) bond motifs is 1. The molecule has 0 radical (unpaired) electrons. The maximum absolute atomic E-state index is 15.7. The lowest BCUT2D eigenvalue weighted by molar-refractivity contribution is 0.368. The van der Waals surface area contributed by atoms with Crippen LogP contribution in [0.1, 0.15) is 96.2 Å². The molecule has 2 aliphatic carbocycles. The van der Waals surface area contributed by atoms with Crippen molar-refractivity contribution >= 4 is 0 Å². The van der Waals surface area contributed by atoms with Gasteiger partial charge in [0.2, 0.25) is 0 Å². The van der Waals surface area contributed by atoms with Gasteiger partial charge in [-0.1, -0.05) is 31.2 Å². The van der Waals surface area contributed by atoms with E-state index in [0.29, 0.717) is 55.6 Å². The molecule has 3 aromatic carbocycles. The third-order valence-corrected chi connectivity index (χ3v) is 8.81. The zero-order chi connectivity index (χ0) is 26.8. The minimum absolute atomic E-state index is 0.0920. The largest absolute Gasteiger partial charge is 0.207 e. The van der Waals surface area contributed by atoms with Crippen molar-refractivity contribution in [1.29, 1.82) is 5.26 Å². The maximum Gasteiger partial charge on any atom is 0.144 e. The second-order valence-corrected chi connectivity index (χ2v) is 11.1. The van der Waals surface area contributed by atoms with Gasteiger partial charge >= 0.3 is 0 Å². The van der Waals surface area contributed by atoms with E-state index in [0.717, 1.165) is 31.2 Å². The Labute approximate surface area is 222 Å².